The number of carbonyl (C=O) groups is 1. The minimum Gasteiger partial charge on any atom is -0.495 e. The van der Waals surface area contributed by atoms with Crippen LogP contribution in [0.5, 0.6) is 5.75 Å². The first-order valence-corrected chi connectivity index (χ1v) is 8.51. The van der Waals surface area contributed by atoms with Crippen molar-refractivity contribution in [3.63, 3.8) is 0 Å². The summed E-state index contributed by atoms with van der Waals surface area (Å²) in [7, 11) is 1.53. The second kappa shape index (κ2) is 9.09. The van der Waals surface area contributed by atoms with Crippen molar-refractivity contribution in [3.8, 4) is 5.75 Å². The number of piperidine rings is 1. The summed E-state index contributed by atoms with van der Waals surface area (Å²) in [5.74, 6) is 0.866. The van der Waals surface area contributed by atoms with E-state index in [0.717, 1.165) is 18.8 Å². The topological polar surface area (TPSA) is 50.4 Å². The Balaban J connectivity index is 0.00000225. The number of ether oxygens (including phenoxy) is 1. The van der Waals surface area contributed by atoms with Crippen LogP contribution in [0.2, 0.25) is 5.02 Å². The number of halogens is 2. The Labute approximate surface area is 159 Å². The van der Waals surface area contributed by atoms with Gasteiger partial charge < -0.3 is 15.4 Å². The van der Waals surface area contributed by atoms with Crippen molar-refractivity contribution in [3.05, 3.63) is 58.6 Å². The van der Waals surface area contributed by atoms with Gasteiger partial charge in [0.2, 0.25) is 0 Å². The van der Waals surface area contributed by atoms with Crippen LogP contribution < -0.4 is 15.4 Å². The van der Waals surface area contributed by atoms with Crippen LogP contribution in [-0.2, 0) is 0 Å². The molecule has 134 valence electrons. The van der Waals surface area contributed by atoms with E-state index < -0.39 is 0 Å². The van der Waals surface area contributed by atoms with Gasteiger partial charge in [0.1, 0.15) is 5.75 Å². The zero-order chi connectivity index (χ0) is 16.9. The van der Waals surface area contributed by atoms with Crippen LogP contribution in [0.15, 0.2) is 42.5 Å². The molecule has 1 unspecified atom stereocenters. The predicted molar refractivity (Wildman–Crippen MR) is 104 cm³/mol. The Morgan fingerprint density at radius 3 is 2.64 bits per heavy atom. The predicted octanol–water partition coefficient (Wildman–Crippen LogP) is 4.49. The van der Waals surface area contributed by atoms with Crippen LogP contribution in [0, 0.1) is 0 Å². The van der Waals surface area contributed by atoms with Gasteiger partial charge in [0.25, 0.3) is 5.91 Å². The van der Waals surface area contributed by atoms with Crippen molar-refractivity contribution in [1.29, 1.82) is 0 Å². The monoisotopic (exact) mass is 380 g/mol. The third kappa shape index (κ3) is 4.88. The maximum Gasteiger partial charge on any atom is 0.255 e. The Morgan fingerprint density at radius 2 is 2.00 bits per heavy atom. The fourth-order valence-corrected chi connectivity index (χ4v) is 3.17. The third-order valence-electron chi connectivity index (χ3n) is 4.35. The SMILES string of the molecule is COc1cc(C(=O)Nc2ccc(C3CCCNC3)cc2)ccc1Cl.Cl. The number of hydrogen-bond acceptors (Lipinski definition) is 3. The van der Waals surface area contributed by atoms with Gasteiger partial charge >= 0.3 is 0 Å². The molecule has 0 bridgehead atoms. The van der Waals surface area contributed by atoms with E-state index in [4.69, 9.17) is 16.3 Å². The van der Waals surface area contributed by atoms with E-state index >= 15 is 0 Å². The number of methoxy groups -OCH3 is 1. The molecule has 0 aromatic heterocycles. The summed E-state index contributed by atoms with van der Waals surface area (Å²) in [6.07, 6.45) is 2.42. The molecule has 1 atom stereocenters. The summed E-state index contributed by atoms with van der Waals surface area (Å²) in [6, 6.07) is 13.1. The highest BCUT2D eigenvalue weighted by molar-refractivity contribution is 6.32. The van der Waals surface area contributed by atoms with Crippen LogP contribution in [0.4, 0.5) is 5.69 Å². The molecule has 1 aliphatic rings. The lowest BCUT2D eigenvalue weighted by atomic mass is 9.91. The summed E-state index contributed by atoms with van der Waals surface area (Å²) >= 11 is 5.99. The summed E-state index contributed by atoms with van der Waals surface area (Å²) < 4.78 is 5.15. The highest BCUT2D eigenvalue weighted by atomic mass is 35.5. The smallest absolute Gasteiger partial charge is 0.255 e. The van der Waals surface area contributed by atoms with Gasteiger partial charge in [-0.25, -0.2) is 0 Å². The van der Waals surface area contributed by atoms with Crippen molar-refractivity contribution in [2.75, 3.05) is 25.5 Å². The van der Waals surface area contributed by atoms with E-state index in [9.17, 15) is 4.79 Å². The van der Waals surface area contributed by atoms with Crippen molar-refractivity contribution >= 4 is 35.6 Å². The molecule has 1 aliphatic heterocycles. The van der Waals surface area contributed by atoms with Crippen molar-refractivity contribution in [1.82, 2.24) is 5.32 Å². The minimum absolute atomic E-state index is 0. The molecule has 0 aliphatic carbocycles. The third-order valence-corrected chi connectivity index (χ3v) is 4.66. The second-order valence-electron chi connectivity index (χ2n) is 5.97. The Kier molecular flexibility index (Phi) is 7.12. The van der Waals surface area contributed by atoms with Crippen LogP contribution in [0.1, 0.15) is 34.7 Å². The summed E-state index contributed by atoms with van der Waals surface area (Å²) in [4.78, 5) is 12.4. The maximum absolute atomic E-state index is 12.4. The quantitative estimate of drug-likeness (QED) is 0.821. The first-order valence-electron chi connectivity index (χ1n) is 8.13. The number of benzene rings is 2. The number of nitrogens with one attached hydrogen (secondary N) is 2. The van der Waals surface area contributed by atoms with E-state index in [2.05, 4.69) is 22.8 Å². The maximum atomic E-state index is 12.4. The molecule has 0 radical (unpaired) electrons. The zero-order valence-corrected chi connectivity index (χ0v) is 15.6. The van der Waals surface area contributed by atoms with Crippen LogP contribution in [0.25, 0.3) is 0 Å². The van der Waals surface area contributed by atoms with E-state index in [0.29, 0.717) is 22.3 Å². The Bertz CT molecular complexity index is 714. The molecule has 2 aromatic carbocycles. The molecule has 2 N–H and O–H groups in total. The molecule has 6 heteroatoms. The number of anilines is 1. The molecule has 3 rings (SSSR count). The molecule has 4 nitrogen and oxygen atoms in total. The van der Waals surface area contributed by atoms with Gasteiger partial charge in [0, 0.05) is 17.8 Å². The normalized spacial score (nSPS) is 16.6. The van der Waals surface area contributed by atoms with Crippen molar-refractivity contribution in [2.24, 2.45) is 0 Å². The number of amides is 1. The molecular weight excluding hydrogens is 359 g/mol. The summed E-state index contributed by atoms with van der Waals surface area (Å²) in [6.45, 7) is 2.13. The average Bonchev–Trinajstić information content (AvgIpc) is 2.63. The average molecular weight is 381 g/mol. The molecule has 1 fully saturated rings. The highest BCUT2D eigenvalue weighted by Crippen LogP contribution is 2.26. The minimum atomic E-state index is -0.183. The molecule has 0 spiro atoms. The van der Waals surface area contributed by atoms with E-state index in [1.807, 2.05) is 12.1 Å². The van der Waals surface area contributed by atoms with Crippen LogP contribution in [0.3, 0.4) is 0 Å². The van der Waals surface area contributed by atoms with E-state index in [1.54, 1.807) is 18.2 Å². The Hall–Kier alpha value is -1.75. The standard InChI is InChI=1S/C19H21ClN2O2.ClH/c1-24-18-11-14(6-9-17(18)20)19(23)22-16-7-4-13(5-8-16)15-3-2-10-21-12-15;/h4-9,11,15,21H,2-3,10,12H2,1H3,(H,22,23);1H. The second-order valence-corrected chi connectivity index (χ2v) is 6.38. The summed E-state index contributed by atoms with van der Waals surface area (Å²) in [5.41, 5.74) is 2.60. The van der Waals surface area contributed by atoms with Gasteiger partial charge in [-0.1, -0.05) is 23.7 Å². The fourth-order valence-electron chi connectivity index (χ4n) is 2.98. The molecule has 1 amide bonds. The van der Waals surface area contributed by atoms with Gasteiger partial charge in [-0.2, -0.15) is 0 Å². The Morgan fingerprint density at radius 1 is 1.24 bits per heavy atom. The molecular formula is C19H22Cl2N2O2. The molecule has 1 saturated heterocycles. The highest BCUT2D eigenvalue weighted by Gasteiger charge is 2.15. The lowest BCUT2D eigenvalue weighted by molar-refractivity contribution is 0.102. The van der Waals surface area contributed by atoms with E-state index in [1.165, 1.54) is 25.5 Å². The van der Waals surface area contributed by atoms with Gasteiger partial charge in [0.15, 0.2) is 0 Å². The van der Waals surface area contributed by atoms with Crippen molar-refractivity contribution < 1.29 is 9.53 Å². The molecule has 2 aromatic rings. The summed E-state index contributed by atoms with van der Waals surface area (Å²) in [5, 5.41) is 6.82. The lowest BCUT2D eigenvalue weighted by Crippen LogP contribution is -2.28. The first-order chi connectivity index (χ1) is 11.7. The largest absolute Gasteiger partial charge is 0.495 e. The molecule has 25 heavy (non-hydrogen) atoms. The van der Waals surface area contributed by atoms with Gasteiger partial charge in [0.05, 0.1) is 12.1 Å². The van der Waals surface area contributed by atoms with E-state index in [-0.39, 0.29) is 18.3 Å². The van der Waals surface area contributed by atoms with Gasteiger partial charge in [-0.3, -0.25) is 4.79 Å². The number of hydrogen-bond donors (Lipinski definition) is 2. The number of carbonyl (C=O) groups excluding carboxylic acids is 1. The zero-order valence-electron chi connectivity index (χ0n) is 14.0. The number of rotatable bonds is 4. The van der Waals surface area contributed by atoms with Gasteiger partial charge in [-0.15, -0.1) is 12.4 Å². The first kappa shape index (κ1) is 19.6. The van der Waals surface area contributed by atoms with Crippen molar-refractivity contribution in [2.45, 2.75) is 18.8 Å². The van der Waals surface area contributed by atoms with Crippen LogP contribution >= 0.6 is 24.0 Å². The van der Waals surface area contributed by atoms with Gasteiger partial charge in [-0.05, 0) is 61.2 Å². The molecule has 1 heterocycles. The lowest BCUT2D eigenvalue weighted by Gasteiger charge is -2.23. The fraction of sp³-hybridized carbons (Fsp3) is 0.316. The van der Waals surface area contributed by atoms with Crippen LogP contribution in [-0.4, -0.2) is 26.1 Å². The molecule has 0 saturated carbocycles.